The third kappa shape index (κ3) is 3.97. The molecule has 0 amide bonds. The Kier molecular flexibility index (Phi) is 4.81. The van der Waals surface area contributed by atoms with Crippen LogP contribution in [-0.2, 0) is 6.42 Å². The molecule has 1 atom stereocenters. The van der Waals surface area contributed by atoms with Gasteiger partial charge in [0.05, 0.1) is 0 Å². The summed E-state index contributed by atoms with van der Waals surface area (Å²) in [6, 6.07) is 6.71. The third-order valence-corrected chi connectivity index (χ3v) is 3.51. The van der Waals surface area contributed by atoms with Crippen LogP contribution in [0, 0.1) is 5.82 Å². The molecule has 4 nitrogen and oxygen atoms in total. The molecular weight excluding hydrogens is 263 g/mol. The maximum Gasteiger partial charge on any atom is 0.202 e. The highest BCUT2D eigenvalue weighted by Crippen LogP contribution is 2.16. The van der Waals surface area contributed by atoms with Gasteiger partial charge in [0.1, 0.15) is 11.6 Å². The number of hydrogen-bond acceptors (Lipinski definition) is 5. The molecule has 3 N–H and O–H groups in total. The molecular formula is C13H17FN4S. The summed E-state index contributed by atoms with van der Waals surface area (Å²) in [6.07, 6.45) is 1.48. The predicted molar refractivity (Wildman–Crippen MR) is 75.9 cm³/mol. The Balaban J connectivity index is 2.01. The number of aromatic nitrogens is 2. The second-order valence-corrected chi connectivity index (χ2v) is 5.06. The lowest BCUT2D eigenvalue weighted by Gasteiger charge is -2.12. The molecule has 0 aliphatic rings. The number of hydrogen-bond donors (Lipinski definition) is 2. The van der Waals surface area contributed by atoms with Crippen molar-refractivity contribution in [2.75, 3.05) is 11.9 Å². The topological polar surface area (TPSA) is 63.8 Å². The van der Waals surface area contributed by atoms with E-state index in [4.69, 9.17) is 5.73 Å². The largest absolute Gasteiger partial charge is 0.356 e. The highest BCUT2D eigenvalue weighted by Gasteiger charge is 2.09. The van der Waals surface area contributed by atoms with Gasteiger partial charge in [-0.3, -0.25) is 0 Å². The van der Waals surface area contributed by atoms with Gasteiger partial charge in [-0.05, 0) is 24.1 Å². The molecule has 0 bridgehead atoms. The SMILES string of the molecule is CCC(CN)Nc1nc(Cc2cccc(F)c2)ns1. The van der Waals surface area contributed by atoms with Gasteiger partial charge in [-0.25, -0.2) is 9.37 Å². The van der Waals surface area contributed by atoms with Gasteiger partial charge < -0.3 is 11.1 Å². The van der Waals surface area contributed by atoms with Gasteiger partial charge in [0.25, 0.3) is 0 Å². The monoisotopic (exact) mass is 280 g/mol. The number of rotatable bonds is 6. The number of nitrogens with two attached hydrogens (primary N) is 1. The van der Waals surface area contributed by atoms with Gasteiger partial charge in [0.2, 0.25) is 5.13 Å². The summed E-state index contributed by atoms with van der Waals surface area (Å²) >= 11 is 1.31. The molecule has 2 aromatic rings. The van der Waals surface area contributed by atoms with Crippen molar-refractivity contribution >= 4 is 16.7 Å². The smallest absolute Gasteiger partial charge is 0.202 e. The van der Waals surface area contributed by atoms with E-state index in [-0.39, 0.29) is 11.9 Å². The second-order valence-electron chi connectivity index (χ2n) is 4.31. The molecule has 0 saturated carbocycles. The first-order chi connectivity index (χ1) is 9.21. The summed E-state index contributed by atoms with van der Waals surface area (Å²) in [5, 5.41) is 4.01. The van der Waals surface area contributed by atoms with Crippen LogP contribution in [0.25, 0.3) is 0 Å². The van der Waals surface area contributed by atoms with Gasteiger partial charge in [-0.2, -0.15) is 4.37 Å². The summed E-state index contributed by atoms with van der Waals surface area (Å²) in [7, 11) is 0. The van der Waals surface area contributed by atoms with Gasteiger partial charge in [0.15, 0.2) is 0 Å². The molecule has 1 aromatic heterocycles. The molecule has 0 saturated heterocycles. The minimum Gasteiger partial charge on any atom is -0.356 e. The minimum atomic E-state index is -0.236. The average Bonchev–Trinajstić information content (AvgIpc) is 2.83. The van der Waals surface area contributed by atoms with E-state index in [0.717, 1.165) is 17.1 Å². The van der Waals surface area contributed by atoms with Crippen LogP contribution in [0.1, 0.15) is 24.7 Å². The summed E-state index contributed by atoms with van der Waals surface area (Å²) < 4.78 is 17.3. The lowest BCUT2D eigenvalue weighted by molar-refractivity contribution is 0.626. The molecule has 1 heterocycles. The van der Waals surface area contributed by atoms with Crippen molar-refractivity contribution < 1.29 is 4.39 Å². The second kappa shape index (κ2) is 6.58. The molecule has 2 rings (SSSR count). The van der Waals surface area contributed by atoms with E-state index < -0.39 is 0 Å². The predicted octanol–water partition coefficient (Wildman–Crippen LogP) is 2.42. The Morgan fingerprint density at radius 1 is 1.47 bits per heavy atom. The van der Waals surface area contributed by atoms with Gasteiger partial charge in [-0.15, -0.1) is 0 Å². The maximum absolute atomic E-state index is 13.1. The van der Waals surface area contributed by atoms with Crippen molar-refractivity contribution in [3.05, 3.63) is 41.5 Å². The van der Waals surface area contributed by atoms with Crippen LogP contribution in [0.2, 0.25) is 0 Å². The molecule has 0 spiro atoms. The Morgan fingerprint density at radius 3 is 3.00 bits per heavy atom. The number of benzene rings is 1. The molecule has 19 heavy (non-hydrogen) atoms. The molecule has 0 aliphatic carbocycles. The molecule has 102 valence electrons. The van der Waals surface area contributed by atoms with Gasteiger partial charge >= 0.3 is 0 Å². The molecule has 1 aromatic carbocycles. The van der Waals surface area contributed by atoms with Crippen LogP contribution in [0.15, 0.2) is 24.3 Å². The Bertz CT molecular complexity index is 525. The van der Waals surface area contributed by atoms with E-state index in [1.165, 1.54) is 23.7 Å². The standard InChI is InChI=1S/C13H17FN4S/c1-2-11(8-15)16-13-17-12(18-19-13)7-9-4-3-5-10(14)6-9/h3-6,11H,2,7-8,15H2,1H3,(H,16,17,18). The van der Waals surface area contributed by atoms with Crippen LogP contribution >= 0.6 is 11.5 Å². The highest BCUT2D eigenvalue weighted by molar-refractivity contribution is 7.09. The summed E-state index contributed by atoms with van der Waals surface area (Å²) in [6.45, 7) is 2.63. The Labute approximate surface area is 116 Å². The quantitative estimate of drug-likeness (QED) is 0.853. The van der Waals surface area contributed by atoms with Gasteiger partial charge in [-0.1, -0.05) is 19.1 Å². The normalized spacial score (nSPS) is 12.4. The number of anilines is 1. The molecule has 6 heteroatoms. The van der Waals surface area contributed by atoms with Crippen LogP contribution in [0.4, 0.5) is 9.52 Å². The van der Waals surface area contributed by atoms with Crippen LogP contribution in [0.3, 0.4) is 0 Å². The fraction of sp³-hybridized carbons (Fsp3) is 0.385. The molecule has 0 aliphatic heterocycles. The molecule has 0 radical (unpaired) electrons. The minimum absolute atomic E-state index is 0.218. The van der Waals surface area contributed by atoms with E-state index in [9.17, 15) is 4.39 Å². The average molecular weight is 280 g/mol. The van der Waals surface area contributed by atoms with Crippen molar-refractivity contribution in [3.63, 3.8) is 0 Å². The molecule has 1 unspecified atom stereocenters. The molecule has 0 fully saturated rings. The zero-order valence-electron chi connectivity index (χ0n) is 10.8. The van der Waals surface area contributed by atoms with Crippen molar-refractivity contribution in [1.82, 2.24) is 9.36 Å². The van der Waals surface area contributed by atoms with Crippen LogP contribution < -0.4 is 11.1 Å². The number of nitrogens with zero attached hydrogens (tertiary/aromatic N) is 2. The number of nitrogens with one attached hydrogen (secondary N) is 1. The van der Waals surface area contributed by atoms with E-state index in [1.807, 2.05) is 6.07 Å². The first kappa shape index (κ1) is 13.9. The van der Waals surface area contributed by atoms with Crippen molar-refractivity contribution in [1.29, 1.82) is 0 Å². The fourth-order valence-corrected chi connectivity index (χ4v) is 2.38. The van der Waals surface area contributed by atoms with Crippen molar-refractivity contribution in [2.45, 2.75) is 25.8 Å². The van der Waals surface area contributed by atoms with Crippen molar-refractivity contribution in [3.8, 4) is 0 Å². The zero-order valence-corrected chi connectivity index (χ0v) is 11.6. The van der Waals surface area contributed by atoms with Crippen LogP contribution in [0.5, 0.6) is 0 Å². The highest BCUT2D eigenvalue weighted by atomic mass is 32.1. The Morgan fingerprint density at radius 2 is 2.32 bits per heavy atom. The summed E-state index contributed by atoms with van der Waals surface area (Å²) in [4.78, 5) is 4.39. The lowest BCUT2D eigenvalue weighted by Crippen LogP contribution is -2.27. The van der Waals surface area contributed by atoms with E-state index >= 15 is 0 Å². The van der Waals surface area contributed by atoms with E-state index in [0.29, 0.717) is 18.8 Å². The van der Waals surface area contributed by atoms with Gasteiger partial charge in [0, 0.05) is 30.5 Å². The number of halogens is 1. The first-order valence-electron chi connectivity index (χ1n) is 6.25. The Hall–Kier alpha value is -1.53. The third-order valence-electron chi connectivity index (χ3n) is 2.82. The summed E-state index contributed by atoms with van der Waals surface area (Å²) in [5.41, 5.74) is 6.50. The van der Waals surface area contributed by atoms with Crippen LogP contribution in [-0.4, -0.2) is 21.9 Å². The lowest BCUT2D eigenvalue weighted by atomic mass is 10.1. The first-order valence-corrected chi connectivity index (χ1v) is 7.02. The van der Waals surface area contributed by atoms with E-state index in [2.05, 4.69) is 21.6 Å². The maximum atomic E-state index is 13.1. The zero-order chi connectivity index (χ0) is 13.7. The fourth-order valence-electron chi connectivity index (χ4n) is 1.72. The van der Waals surface area contributed by atoms with E-state index in [1.54, 1.807) is 6.07 Å². The van der Waals surface area contributed by atoms with Crippen molar-refractivity contribution in [2.24, 2.45) is 5.73 Å². The summed E-state index contributed by atoms with van der Waals surface area (Å²) in [5.74, 6) is 0.463.